The zero-order valence-corrected chi connectivity index (χ0v) is 14.7. The van der Waals surface area contributed by atoms with Crippen LogP contribution in [-0.2, 0) is 14.8 Å². The third kappa shape index (κ3) is 2.55. The van der Waals surface area contributed by atoms with Crippen LogP contribution in [0.1, 0.15) is 0 Å². The summed E-state index contributed by atoms with van der Waals surface area (Å²) in [6.45, 7) is -0.317. The van der Waals surface area contributed by atoms with Crippen LogP contribution < -0.4 is 14.4 Å². The first-order chi connectivity index (χ1) is 12.5. The van der Waals surface area contributed by atoms with E-state index >= 15 is 0 Å². The maximum Gasteiger partial charge on any atom is 0.265 e. The number of pyridine rings is 1. The zero-order chi connectivity index (χ0) is 18.3. The lowest BCUT2D eigenvalue weighted by Gasteiger charge is -2.18. The van der Waals surface area contributed by atoms with Gasteiger partial charge in [-0.05, 0) is 23.6 Å². The molecule has 1 aromatic heterocycles. The fourth-order valence-electron chi connectivity index (χ4n) is 3.03. The van der Waals surface area contributed by atoms with E-state index in [1.54, 1.807) is 36.4 Å². The SMILES string of the molecule is COc1ccc(NC(=O)CN2c3cccc4cccc(c34)S2(=O)=O)cn1. The lowest BCUT2D eigenvalue weighted by atomic mass is 10.1. The Kier molecular flexibility index (Phi) is 3.77. The van der Waals surface area contributed by atoms with E-state index in [1.165, 1.54) is 13.3 Å². The van der Waals surface area contributed by atoms with Crippen LogP contribution in [0.2, 0.25) is 0 Å². The predicted octanol–water partition coefficient (Wildman–Crippen LogP) is 2.39. The van der Waals surface area contributed by atoms with Crippen LogP contribution in [-0.4, -0.2) is 33.0 Å². The molecular weight excluding hydrogens is 354 g/mol. The highest BCUT2D eigenvalue weighted by molar-refractivity contribution is 7.93. The number of rotatable bonds is 4. The average molecular weight is 369 g/mol. The smallest absolute Gasteiger partial charge is 0.265 e. The maximum absolute atomic E-state index is 12.9. The quantitative estimate of drug-likeness (QED) is 0.763. The number of nitrogens with zero attached hydrogens (tertiary/aromatic N) is 2. The van der Waals surface area contributed by atoms with Crippen LogP contribution in [0.5, 0.6) is 5.88 Å². The molecule has 26 heavy (non-hydrogen) atoms. The van der Waals surface area contributed by atoms with Gasteiger partial charge in [0.25, 0.3) is 10.0 Å². The van der Waals surface area contributed by atoms with Crippen molar-refractivity contribution in [1.82, 2.24) is 4.98 Å². The van der Waals surface area contributed by atoms with Crippen LogP contribution in [0, 0.1) is 0 Å². The normalized spacial score (nSPS) is 14.4. The van der Waals surface area contributed by atoms with Crippen LogP contribution in [0.25, 0.3) is 10.8 Å². The minimum absolute atomic E-state index is 0.226. The second-order valence-corrected chi connectivity index (χ2v) is 7.61. The molecular formula is C18H15N3O4S. The van der Waals surface area contributed by atoms with Crippen molar-refractivity contribution in [3.63, 3.8) is 0 Å². The van der Waals surface area contributed by atoms with Crippen molar-refractivity contribution < 1.29 is 17.9 Å². The van der Waals surface area contributed by atoms with Crippen LogP contribution in [0.15, 0.2) is 59.6 Å². The summed E-state index contributed by atoms with van der Waals surface area (Å²) in [4.78, 5) is 16.6. The Bertz CT molecular complexity index is 1110. The molecule has 0 fully saturated rings. The molecule has 132 valence electrons. The van der Waals surface area contributed by atoms with Crippen LogP contribution in [0.3, 0.4) is 0 Å². The highest BCUT2D eigenvalue weighted by Gasteiger charge is 2.36. The number of sulfonamides is 1. The number of hydrogen-bond acceptors (Lipinski definition) is 5. The van der Waals surface area contributed by atoms with Gasteiger partial charge in [0, 0.05) is 11.5 Å². The van der Waals surface area contributed by atoms with E-state index in [2.05, 4.69) is 10.3 Å². The van der Waals surface area contributed by atoms with Gasteiger partial charge in [-0.1, -0.05) is 24.3 Å². The molecule has 3 aromatic rings. The largest absolute Gasteiger partial charge is 0.481 e. The number of amides is 1. The number of carbonyl (C=O) groups excluding carboxylic acids is 1. The standard InChI is InChI=1S/C18H15N3O4S/c1-25-17-9-8-13(10-19-17)20-16(22)11-21-14-6-2-4-12-5-3-7-15(18(12)14)26(21,23)24/h2-10H,11H2,1H3,(H,20,22). The van der Waals surface area contributed by atoms with Crippen molar-refractivity contribution in [2.45, 2.75) is 4.90 Å². The molecule has 8 heteroatoms. The number of nitrogens with one attached hydrogen (secondary N) is 1. The summed E-state index contributed by atoms with van der Waals surface area (Å²) in [7, 11) is -2.26. The van der Waals surface area contributed by atoms with Gasteiger partial charge in [-0.25, -0.2) is 13.4 Å². The molecule has 0 saturated heterocycles. The lowest BCUT2D eigenvalue weighted by molar-refractivity contribution is -0.114. The summed E-state index contributed by atoms with van der Waals surface area (Å²) in [5, 5.41) is 4.13. The van der Waals surface area contributed by atoms with Crippen molar-refractivity contribution >= 4 is 38.1 Å². The van der Waals surface area contributed by atoms with Crippen molar-refractivity contribution in [2.75, 3.05) is 23.3 Å². The average Bonchev–Trinajstić information content (AvgIpc) is 2.86. The molecule has 0 unspecified atom stereocenters. The Hall–Kier alpha value is -3.13. The van der Waals surface area contributed by atoms with Gasteiger partial charge in [0.1, 0.15) is 6.54 Å². The number of aromatic nitrogens is 1. The first kappa shape index (κ1) is 16.3. The van der Waals surface area contributed by atoms with Gasteiger partial charge in [-0.15, -0.1) is 0 Å². The maximum atomic E-state index is 12.9. The molecule has 0 radical (unpaired) electrons. The highest BCUT2D eigenvalue weighted by atomic mass is 32.2. The Morgan fingerprint density at radius 1 is 1.15 bits per heavy atom. The molecule has 1 amide bonds. The number of carbonyl (C=O) groups is 1. The Labute approximate surface area is 150 Å². The van der Waals surface area contributed by atoms with Gasteiger partial charge in [-0.3, -0.25) is 9.10 Å². The van der Waals surface area contributed by atoms with Gasteiger partial charge < -0.3 is 10.1 Å². The van der Waals surface area contributed by atoms with E-state index in [4.69, 9.17) is 4.74 Å². The molecule has 1 aliphatic heterocycles. The Morgan fingerprint density at radius 3 is 2.62 bits per heavy atom. The summed E-state index contributed by atoms with van der Waals surface area (Å²) >= 11 is 0. The van der Waals surface area contributed by atoms with Gasteiger partial charge >= 0.3 is 0 Å². The van der Waals surface area contributed by atoms with E-state index in [9.17, 15) is 13.2 Å². The molecule has 0 aliphatic carbocycles. The summed E-state index contributed by atoms with van der Waals surface area (Å²) in [6, 6.07) is 13.7. The van der Waals surface area contributed by atoms with Gasteiger partial charge in [0.05, 0.1) is 29.6 Å². The van der Waals surface area contributed by atoms with Crippen molar-refractivity contribution in [3.8, 4) is 5.88 Å². The van der Waals surface area contributed by atoms with Gasteiger partial charge in [0.2, 0.25) is 11.8 Å². The van der Waals surface area contributed by atoms with Crippen molar-refractivity contribution in [1.29, 1.82) is 0 Å². The minimum Gasteiger partial charge on any atom is -0.481 e. The molecule has 0 atom stereocenters. The van der Waals surface area contributed by atoms with Gasteiger partial charge in [-0.2, -0.15) is 0 Å². The fraction of sp³-hybridized carbons (Fsp3) is 0.111. The molecule has 0 saturated carbocycles. The molecule has 7 nitrogen and oxygen atoms in total. The third-order valence-corrected chi connectivity index (χ3v) is 6.00. The number of ether oxygens (including phenoxy) is 1. The lowest BCUT2D eigenvalue weighted by Crippen LogP contribution is -2.35. The van der Waals surface area contributed by atoms with Crippen molar-refractivity contribution in [3.05, 3.63) is 54.7 Å². The molecule has 0 spiro atoms. The number of benzene rings is 2. The first-order valence-corrected chi connectivity index (χ1v) is 9.29. The molecule has 1 N–H and O–H groups in total. The molecule has 0 bridgehead atoms. The topological polar surface area (TPSA) is 88.6 Å². The van der Waals surface area contributed by atoms with E-state index in [-0.39, 0.29) is 11.4 Å². The first-order valence-electron chi connectivity index (χ1n) is 7.85. The third-order valence-electron chi connectivity index (χ3n) is 4.20. The Morgan fingerprint density at radius 2 is 1.92 bits per heavy atom. The Balaban J connectivity index is 1.62. The molecule has 2 heterocycles. The highest BCUT2D eigenvalue weighted by Crippen LogP contribution is 2.41. The number of methoxy groups -OCH3 is 1. The minimum atomic E-state index is -3.76. The molecule has 4 rings (SSSR count). The van der Waals surface area contributed by atoms with E-state index in [0.717, 1.165) is 9.69 Å². The zero-order valence-electron chi connectivity index (χ0n) is 13.8. The second-order valence-electron chi connectivity index (χ2n) is 5.78. The summed E-state index contributed by atoms with van der Waals surface area (Å²) < 4.78 is 31.8. The van der Waals surface area contributed by atoms with Gasteiger partial charge in [0.15, 0.2) is 0 Å². The summed E-state index contributed by atoms with van der Waals surface area (Å²) in [6.07, 6.45) is 1.45. The number of anilines is 2. The van der Waals surface area contributed by atoms with Crippen LogP contribution in [0.4, 0.5) is 11.4 Å². The summed E-state index contributed by atoms with van der Waals surface area (Å²) in [5.41, 5.74) is 0.976. The van der Waals surface area contributed by atoms with Crippen molar-refractivity contribution in [2.24, 2.45) is 0 Å². The van der Waals surface area contributed by atoms with E-state index in [1.807, 2.05) is 12.1 Å². The molecule has 1 aliphatic rings. The van der Waals surface area contributed by atoms with E-state index < -0.39 is 15.9 Å². The summed E-state index contributed by atoms with van der Waals surface area (Å²) in [5.74, 6) is -0.0300. The monoisotopic (exact) mass is 369 g/mol. The van der Waals surface area contributed by atoms with E-state index in [0.29, 0.717) is 22.6 Å². The number of hydrogen-bond donors (Lipinski definition) is 1. The fourth-order valence-corrected chi connectivity index (χ4v) is 4.70. The molecule has 2 aromatic carbocycles. The predicted molar refractivity (Wildman–Crippen MR) is 97.9 cm³/mol. The second kappa shape index (κ2) is 5.99. The van der Waals surface area contributed by atoms with Crippen LogP contribution >= 0.6 is 0 Å².